The van der Waals surface area contributed by atoms with Gasteiger partial charge in [0.1, 0.15) is 4.83 Å². The molecular formula is C16H23N3O3S. The first-order valence-corrected chi connectivity index (χ1v) is 8.68. The van der Waals surface area contributed by atoms with Gasteiger partial charge >= 0.3 is 5.97 Å². The number of hydrogen-bond acceptors (Lipinski definition) is 4. The molecule has 2 aromatic rings. The normalized spacial score (nSPS) is 11.3. The molecule has 0 saturated carbocycles. The molecule has 0 saturated heterocycles. The van der Waals surface area contributed by atoms with Gasteiger partial charge in [0, 0.05) is 25.4 Å². The predicted molar refractivity (Wildman–Crippen MR) is 91.1 cm³/mol. The first-order chi connectivity index (χ1) is 10.9. The number of carbonyl (C=O) groups is 2. The van der Waals surface area contributed by atoms with Gasteiger partial charge in [-0.2, -0.15) is 5.10 Å². The highest BCUT2D eigenvalue weighted by atomic mass is 32.1. The van der Waals surface area contributed by atoms with Crippen LogP contribution in [0.4, 0.5) is 0 Å². The van der Waals surface area contributed by atoms with Gasteiger partial charge in [-0.3, -0.25) is 14.3 Å². The van der Waals surface area contributed by atoms with Crippen molar-refractivity contribution in [3.63, 3.8) is 0 Å². The van der Waals surface area contributed by atoms with Crippen molar-refractivity contribution >= 4 is 33.4 Å². The number of carboxylic acid groups (broad SMARTS) is 1. The smallest absolute Gasteiger partial charge is 0.303 e. The Hall–Kier alpha value is -1.89. The van der Waals surface area contributed by atoms with E-state index in [0.29, 0.717) is 23.8 Å². The van der Waals surface area contributed by atoms with Gasteiger partial charge in [0.25, 0.3) is 5.91 Å². The Balaban J connectivity index is 1.91. The van der Waals surface area contributed by atoms with E-state index in [2.05, 4.69) is 24.3 Å². The van der Waals surface area contributed by atoms with Crippen LogP contribution in [0, 0.1) is 0 Å². The SMILES string of the molecule is CC(C)c1nn(C)c2sc(C(=O)NCCCCCC(=O)O)cc12. The van der Waals surface area contributed by atoms with Crippen LogP contribution in [-0.2, 0) is 11.8 Å². The van der Waals surface area contributed by atoms with Crippen molar-refractivity contribution in [2.24, 2.45) is 7.05 Å². The largest absolute Gasteiger partial charge is 0.481 e. The van der Waals surface area contributed by atoms with Crippen molar-refractivity contribution in [3.8, 4) is 0 Å². The summed E-state index contributed by atoms with van der Waals surface area (Å²) < 4.78 is 1.83. The van der Waals surface area contributed by atoms with E-state index in [1.165, 1.54) is 11.3 Å². The molecule has 2 aromatic heterocycles. The zero-order chi connectivity index (χ0) is 17.0. The number of thiophene rings is 1. The van der Waals surface area contributed by atoms with Gasteiger partial charge in [-0.25, -0.2) is 0 Å². The average molecular weight is 337 g/mol. The fraction of sp³-hybridized carbons (Fsp3) is 0.562. The summed E-state index contributed by atoms with van der Waals surface area (Å²) in [7, 11) is 1.90. The topological polar surface area (TPSA) is 84.2 Å². The summed E-state index contributed by atoms with van der Waals surface area (Å²) in [5.41, 5.74) is 1.02. The molecule has 23 heavy (non-hydrogen) atoms. The Kier molecular flexibility index (Phi) is 5.76. The summed E-state index contributed by atoms with van der Waals surface area (Å²) in [4.78, 5) is 24.3. The van der Waals surface area contributed by atoms with Crippen molar-refractivity contribution < 1.29 is 14.7 Å². The van der Waals surface area contributed by atoms with Gasteiger partial charge in [0.05, 0.1) is 10.6 Å². The van der Waals surface area contributed by atoms with Crippen LogP contribution in [0.3, 0.4) is 0 Å². The molecule has 6 nitrogen and oxygen atoms in total. The Morgan fingerprint density at radius 2 is 2.09 bits per heavy atom. The number of carbonyl (C=O) groups excluding carboxylic acids is 1. The number of fused-ring (bicyclic) bond motifs is 1. The molecule has 2 rings (SSSR count). The van der Waals surface area contributed by atoms with E-state index in [-0.39, 0.29) is 12.3 Å². The van der Waals surface area contributed by atoms with E-state index in [0.717, 1.165) is 28.8 Å². The number of unbranched alkanes of at least 4 members (excludes halogenated alkanes) is 2. The minimum atomic E-state index is -0.770. The van der Waals surface area contributed by atoms with Gasteiger partial charge in [-0.1, -0.05) is 20.3 Å². The highest BCUT2D eigenvalue weighted by molar-refractivity contribution is 7.20. The third kappa shape index (κ3) is 4.31. The Labute approximate surface area is 139 Å². The molecular weight excluding hydrogens is 314 g/mol. The molecule has 1 amide bonds. The number of rotatable bonds is 8. The van der Waals surface area contributed by atoms with Crippen LogP contribution in [0.5, 0.6) is 0 Å². The zero-order valence-corrected chi connectivity index (χ0v) is 14.6. The summed E-state index contributed by atoms with van der Waals surface area (Å²) in [6, 6.07) is 1.92. The lowest BCUT2D eigenvalue weighted by atomic mass is 10.1. The molecule has 2 N–H and O–H groups in total. The fourth-order valence-corrected chi connectivity index (χ4v) is 3.47. The lowest BCUT2D eigenvalue weighted by Gasteiger charge is -2.03. The Morgan fingerprint density at radius 3 is 2.74 bits per heavy atom. The standard InChI is InChI=1S/C16H23N3O3S/c1-10(2)14-11-9-12(23-16(11)19(3)18-14)15(22)17-8-6-4-5-7-13(20)21/h9-10H,4-8H2,1-3H3,(H,17,22)(H,20,21). The highest BCUT2D eigenvalue weighted by Crippen LogP contribution is 2.31. The first-order valence-electron chi connectivity index (χ1n) is 7.86. The van der Waals surface area contributed by atoms with Crippen molar-refractivity contribution in [2.45, 2.75) is 45.4 Å². The van der Waals surface area contributed by atoms with Crippen molar-refractivity contribution in [3.05, 3.63) is 16.6 Å². The molecule has 2 heterocycles. The maximum atomic E-state index is 12.2. The van der Waals surface area contributed by atoms with E-state index in [9.17, 15) is 9.59 Å². The summed E-state index contributed by atoms with van der Waals surface area (Å²) in [5.74, 6) is -0.522. The van der Waals surface area contributed by atoms with Crippen LogP contribution in [0.15, 0.2) is 6.07 Å². The second-order valence-electron chi connectivity index (χ2n) is 5.95. The quantitative estimate of drug-likeness (QED) is 0.725. The molecule has 0 aromatic carbocycles. The number of nitrogens with one attached hydrogen (secondary N) is 1. The molecule has 0 aliphatic heterocycles. The van der Waals surface area contributed by atoms with Crippen molar-refractivity contribution in [2.75, 3.05) is 6.54 Å². The maximum absolute atomic E-state index is 12.2. The number of aryl methyl sites for hydroxylation is 1. The summed E-state index contributed by atoms with van der Waals surface area (Å²) in [5, 5.41) is 17.0. The molecule has 0 bridgehead atoms. The molecule has 0 radical (unpaired) electrons. The molecule has 0 fully saturated rings. The van der Waals surface area contributed by atoms with Gasteiger partial charge in [0.2, 0.25) is 0 Å². The number of aliphatic carboxylic acids is 1. The van der Waals surface area contributed by atoms with Crippen LogP contribution in [0.1, 0.15) is 60.8 Å². The molecule has 0 unspecified atom stereocenters. The minimum Gasteiger partial charge on any atom is -0.481 e. The van der Waals surface area contributed by atoms with E-state index >= 15 is 0 Å². The van der Waals surface area contributed by atoms with Gasteiger partial charge in [-0.15, -0.1) is 11.3 Å². The second kappa shape index (κ2) is 7.59. The Morgan fingerprint density at radius 1 is 1.35 bits per heavy atom. The van der Waals surface area contributed by atoms with Crippen LogP contribution < -0.4 is 5.32 Å². The number of nitrogens with zero attached hydrogens (tertiary/aromatic N) is 2. The molecule has 126 valence electrons. The zero-order valence-electron chi connectivity index (χ0n) is 13.8. The number of carboxylic acids is 1. The lowest BCUT2D eigenvalue weighted by Crippen LogP contribution is -2.23. The lowest BCUT2D eigenvalue weighted by molar-refractivity contribution is -0.137. The molecule has 0 spiro atoms. The molecule has 0 aliphatic rings. The average Bonchev–Trinajstić information content (AvgIpc) is 3.03. The van der Waals surface area contributed by atoms with Crippen molar-refractivity contribution in [1.82, 2.24) is 15.1 Å². The molecule has 0 atom stereocenters. The van der Waals surface area contributed by atoms with Crippen LogP contribution in [0.25, 0.3) is 10.2 Å². The van der Waals surface area contributed by atoms with Crippen LogP contribution in [0.2, 0.25) is 0 Å². The highest BCUT2D eigenvalue weighted by Gasteiger charge is 2.18. The minimum absolute atomic E-state index is 0.0702. The van der Waals surface area contributed by atoms with Gasteiger partial charge < -0.3 is 10.4 Å². The number of aromatic nitrogens is 2. The number of hydrogen-bond donors (Lipinski definition) is 2. The van der Waals surface area contributed by atoms with E-state index in [1.54, 1.807) is 0 Å². The third-order valence-corrected chi connectivity index (χ3v) is 4.86. The maximum Gasteiger partial charge on any atom is 0.303 e. The fourth-order valence-electron chi connectivity index (χ4n) is 2.47. The Bertz CT molecular complexity index is 703. The van der Waals surface area contributed by atoms with Gasteiger partial charge in [-0.05, 0) is 24.8 Å². The number of amides is 1. The second-order valence-corrected chi connectivity index (χ2v) is 6.98. The third-order valence-electron chi connectivity index (χ3n) is 3.66. The monoisotopic (exact) mass is 337 g/mol. The van der Waals surface area contributed by atoms with E-state index < -0.39 is 5.97 Å². The predicted octanol–water partition coefficient (Wildman–Crippen LogP) is 3.13. The first kappa shape index (κ1) is 17.5. The summed E-state index contributed by atoms with van der Waals surface area (Å²) in [6.45, 7) is 4.76. The summed E-state index contributed by atoms with van der Waals surface area (Å²) >= 11 is 1.45. The van der Waals surface area contributed by atoms with Crippen LogP contribution >= 0.6 is 11.3 Å². The van der Waals surface area contributed by atoms with Crippen molar-refractivity contribution in [1.29, 1.82) is 0 Å². The molecule has 0 aliphatic carbocycles. The van der Waals surface area contributed by atoms with Crippen LogP contribution in [-0.4, -0.2) is 33.3 Å². The molecule has 7 heteroatoms. The van der Waals surface area contributed by atoms with E-state index in [1.807, 2.05) is 17.8 Å². The van der Waals surface area contributed by atoms with E-state index in [4.69, 9.17) is 5.11 Å². The van der Waals surface area contributed by atoms with Gasteiger partial charge in [0.15, 0.2) is 0 Å². The summed E-state index contributed by atoms with van der Waals surface area (Å²) in [6.07, 6.45) is 2.44.